The third kappa shape index (κ3) is 5.03. The Kier molecular flexibility index (Phi) is 7.37. The third-order valence-electron chi connectivity index (χ3n) is 5.05. The average Bonchev–Trinajstić information content (AvgIpc) is 2.78. The fourth-order valence-corrected chi connectivity index (χ4v) is 3.46. The normalized spacial score (nSPS) is 10.7. The summed E-state index contributed by atoms with van der Waals surface area (Å²) >= 11 is 6.33. The first-order valence-corrected chi connectivity index (χ1v) is 10.6. The van der Waals surface area contributed by atoms with Crippen molar-refractivity contribution < 1.29 is 9.53 Å². The Hall–Kier alpha value is -3.52. The Morgan fingerprint density at radius 2 is 1.88 bits per heavy atom. The lowest BCUT2D eigenvalue weighted by Crippen LogP contribution is -2.40. The number of amides is 1. The Labute approximate surface area is 190 Å². The minimum Gasteiger partial charge on any atom is -0.482 e. The number of nitrogens with zero attached hydrogens (tertiary/aromatic N) is 2. The van der Waals surface area contributed by atoms with Crippen molar-refractivity contribution in [2.24, 2.45) is 0 Å². The van der Waals surface area contributed by atoms with Crippen LogP contribution in [0.25, 0.3) is 11.1 Å². The number of aromatic amines is 1. The summed E-state index contributed by atoms with van der Waals surface area (Å²) in [4.78, 5) is 40.4. The van der Waals surface area contributed by atoms with E-state index in [1.165, 1.54) is 11.6 Å². The van der Waals surface area contributed by atoms with Crippen molar-refractivity contribution in [3.05, 3.63) is 74.4 Å². The van der Waals surface area contributed by atoms with Crippen LogP contribution in [0.4, 0.5) is 11.5 Å². The molecule has 0 radical (unpaired) electrons. The summed E-state index contributed by atoms with van der Waals surface area (Å²) in [5, 5.41) is 0.354. The lowest BCUT2D eigenvalue weighted by atomic mass is 10.1. The van der Waals surface area contributed by atoms with Crippen LogP contribution in [0.5, 0.6) is 5.75 Å². The molecule has 0 saturated heterocycles. The van der Waals surface area contributed by atoms with E-state index in [1.807, 2.05) is 43.3 Å². The van der Waals surface area contributed by atoms with Crippen molar-refractivity contribution in [3.8, 4) is 16.9 Å². The second-order valence-corrected chi connectivity index (χ2v) is 7.66. The van der Waals surface area contributed by atoms with E-state index in [9.17, 15) is 14.4 Å². The van der Waals surface area contributed by atoms with Crippen LogP contribution in [0, 0.1) is 0 Å². The molecule has 168 valence electrons. The lowest BCUT2D eigenvalue weighted by molar-refractivity contribution is -0.120. The molecule has 0 unspecified atom stereocenters. The predicted octanol–water partition coefficient (Wildman–Crippen LogP) is 3.28. The Balaban J connectivity index is 1.76. The molecule has 0 aliphatic rings. The summed E-state index contributed by atoms with van der Waals surface area (Å²) in [5.74, 6) is -0.248. The summed E-state index contributed by atoms with van der Waals surface area (Å²) in [6, 6.07) is 15.0. The van der Waals surface area contributed by atoms with E-state index in [4.69, 9.17) is 22.1 Å². The number of ether oxygens (including phenoxy) is 1. The maximum absolute atomic E-state index is 12.7. The first kappa shape index (κ1) is 23.1. The highest BCUT2D eigenvalue weighted by Crippen LogP contribution is 2.30. The van der Waals surface area contributed by atoms with E-state index in [2.05, 4.69) is 4.98 Å². The Bertz CT molecular complexity index is 1220. The Morgan fingerprint density at radius 3 is 2.53 bits per heavy atom. The monoisotopic (exact) mass is 456 g/mol. The highest BCUT2D eigenvalue weighted by atomic mass is 35.5. The molecule has 2 aromatic carbocycles. The minimum atomic E-state index is -0.735. The van der Waals surface area contributed by atoms with Crippen LogP contribution in [0.2, 0.25) is 5.02 Å². The molecule has 0 bridgehead atoms. The molecular formula is C23H25ClN4O4. The molecule has 1 heterocycles. The molecule has 1 amide bonds. The SMILES string of the molecule is CCCCn1c(N)c(N(C)C(=O)COc2ccc(-c3ccccc3)cc2Cl)c(=O)[nH]c1=O. The van der Waals surface area contributed by atoms with Crippen LogP contribution < -0.4 is 26.6 Å². The second-order valence-electron chi connectivity index (χ2n) is 7.25. The number of benzene rings is 2. The molecule has 9 heteroatoms. The standard InChI is InChI=1S/C23H25ClN4O4/c1-3-4-12-28-21(25)20(22(30)26-23(28)31)27(2)19(29)14-32-18-11-10-16(13-17(18)24)15-8-6-5-7-9-15/h5-11,13H,3-4,12,14,25H2,1-2H3,(H,26,30,31). The third-order valence-corrected chi connectivity index (χ3v) is 5.34. The van der Waals surface area contributed by atoms with Crippen LogP contribution in [-0.2, 0) is 11.3 Å². The van der Waals surface area contributed by atoms with Crippen molar-refractivity contribution >= 4 is 29.0 Å². The van der Waals surface area contributed by atoms with E-state index in [1.54, 1.807) is 12.1 Å². The number of carbonyl (C=O) groups excluding carboxylic acids is 1. The Morgan fingerprint density at radius 1 is 1.16 bits per heavy atom. The maximum atomic E-state index is 12.7. The molecule has 0 atom stereocenters. The van der Waals surface area contributed by atoms with Crippen LogP contribution in [0.3, 0.4) is 0 Å². The van der Waals surface area contributed by atoms with Gasteiger partial charge in [0, 0.05) is 13.6 Å². The van der Waals surface area contributed by atoms with Gasteiger partial charge in [-0.1, -0.05) is 61.3 Å². The number of unbranched alkanes of at least 4 members (excludes halogenated alkanes) is 1. The van der Waals surface area contributed by atoms with E-state index >= 15 is 0 Å². The van der Waals surface area contributed by atoms with Gasteiger partial charge in [0.15, 0.2) is 12.3 Å². The summed E-state index contributed by atoms with van der Waals surface area (Å²) in [5.41, 5.74) is 6.54. The van der Waals surface area contributed by atoms with Gasteiger partial charge >= 0.3 is 5.69 Å². The smallest absolute Gasteiger partial charge is 0.330 e. The number of anilines is 2. The van der Waals surface area contributed by atoms with Gasteiger partial charge in [0.1, 0.15) is 11.6 Å². The summed E-state index contributed by atoms with van der Waals surface area (Å²) < 4.78 is 6.84. The minimum absolute atomic E-state index is 0.0618. The van der Waals surface area contributed by atoms with E-state index in [0.717, 1.165) is 22.4 Å². The number of carbonyl (C=O) groups is 1. The number of halogens is 1. The number of aromatic nitrogens is 2. The summed E-state index contributed by atoms with van der Waals surface area (Å²) in [6.45, 7) is 1.94. The number of nitrogens with two attached hydrogens (primary N) is 1. The van der Waals surface area contributed by atoms with Crippen LogP contribution >= 0.6 is 11.6 Å². The van der Waals surface area contributed by atoms with Gasteiger partial charge in [0.2, 0.25) is 0 Å². The topological polar surface area (TPSA) is 110 Å². The first-order valence-electron chi connectivity index (χ1n) is 10.2. The number of rotatable bonds is 8. The molecule has 1 aromatic heterocycles. The molecule has 32 heavy (non-hydrogen) atoms. The zero-order valence-electron chi connectivity index (χ0n) is 17.9. The van der Waals surface area contributed by atoms with Gasteiger partial charge in [0.05, 0.1) is 5.02 Å². The van der Waals surface area contributed by atoms with Gasteiger partial charge in [-0.05, 0) is 29.7 Å². The average molecular weight is 457 g/mol. The van der Waals surface area contributed by atoms with E-state index in [0.29, 0.717) is 23.7 Å². The second kappa shape index (κ2) is 10.2. The molecule has 3 N–H and O–H groups in total. The predicted molar refractivity (Wildman–Crippen MR) is 126 cm³/mol. The van der Waals surface area contributed by atoms with Crippen LogP contribution in [0.15, 0.2) is 58.1 Å². The fourth-order valence-electron chi connectivity index (χ4n) is 3.23. The number of hydrogen-bond donors (Lipinski definition) is 2. The highest BCUT2D eigenvalue weighted by molar-refractivity contribution is 6.32. The zero-order chi connectivity index (χ0) is 23.3. The number of nitrogens with one attached hydrogen (secondary N) is 1. The molecule has 0 spiro atoms. The van der Waals surface area contributed by atoms with Gasteiger partial charge < -0.3 is 15.4 Å². The van der Waals surface area contributed by atoms with Crippen LogP contribution in [-0.4, -0.2) is 29.1 Å². The molecule has 3 aromatic rings. The molecule has 0 saturated carbocycles. The lowest BCUT2D eigenvalue weighted by Gasteiger charge is -2.20. The molecule has 0 aliphatic heterocycles. The molecule has 0 aliphatic carbocycles. The maximum Gasteiger partial charge on any atom is 0.330 e. The number of nitrogen functional groups attached to an aromatic ring is 1. The van der Waals surface area contributed by atoms with Crippen LogP contribution in [0.1, 0.15) is 19.8 Å². The zero-order valence-corrected chi connectivity index (χ0v) is 18.7. The van der Waals surface area contributed by atoms with E-state index < -0.39 is 17.2 Å². The number of H-pyrrole nitrogens is 1. The highest BCUT2D eigenvalue weighted by Gasteiger charge is 2.21. The van der Waals surface area contributed by atoms with Gasteiger partial charge in [0.25, 0.3) is 11.5 Å². The van der Waals surface area contributed by atoms with E-state index in [-0.39, 0.29) is 18.1 Å². The van der Waals surface area contributed by atoms with Crippen molar-refractivity contribution in [2.75, 3.05) is 24.3 Å². The fraction of sp³-hybridized carbons (Fsp3) is 0.261. The molecule has 8 nitrogen and oxygen atoms in total. The summed E-state index contributed by atoms with van der Waals surface area (Å²) in [6.07, 6.45) is 1.54. The number of likely N-dealkylation sites (N-methyl/N-ethyl adjacent to an activating group) is 1. The van der Waals surface area contributed by atoms with Crippen molar-refractivity contribution in [1.29, 1.82) is 0 Å². The first-order chi connectivity index (χ1) is 15.3. The molecule has 3 rings (SSSR count). The van der Waals surface area contributed by atoms with Gasteiger partial charge in [-0.3, -0.25) is 19.1 Å². The number of hydrogen-bond acceptors (Lipinski definition) is 5. The van der Waals surface area contributed by atoms with Crippen molar-refractivity contribution in [3.63, 3.8) is 0 Å². The quantitative estimate of drug-likeness (QED) is 0.540. The van der Waals surface area contributed by atoms with Crippen molar-refractivity contribution in [2.45, 2.75) is 26.3 Å². The molecule has 0 fully saturated rings. The largest absolute Gasteiger partial charge is 0.482 e. The summed E-state index contributed by atoms with van der Waals surface area (Å²) in [7, 11) is 1.40. The molecular weight excluding hydrogens is 432 g/mol. The van der Waals surface area contributed by atoms with Gasteiger partial charge in [-0.15, -0.1) is 0 Å². The van der Waals surface area contributed by atoms with Gasteiger partial charge in [-0.25, -0.2) is 4.79 Å². The van der Waals surface area contributed by atoms with Crippen molar-refractivity contribution in [1.82, 2.24) is 9.55 Å². The van der Waals surface area contributed by atoms with Gasteiger partial charge in [-0.2, -0.15) is 0 Å².